The summed E-state index contributed by atoms with van der Waals surface area (Å²) in [6.07, 6.45) is 3.37. The second kappa shape index (κ2) is 3.96. The molecule has 0 spiro atoms. The van der Waals surface area contributed by atoms with Crippen LogP contribution in [0.2, 0.25) is 0 Å². The Morgan fingerprint density at radius 3 is 3.13 bits per heavy atom. The second-order valence-corrected chi connectivity index (χ2v) is 3.14. The Labute approximate surface area is 86.5 Å². The lowest BCUT2D eigenvalue weighted by molar-refractivity contribution is -0.140. The van der Waals surface area contributed by atoms with Crippen LogP contribution in [-0.4, -0.2) is 17.2 Å². The molecular formula is C11H10N2O2. The highest BCUT2D eigenvalue weighted by Gasteiger charge is 1.95. The van der Waals surface area contributed by atoms with Gasteiger partial charge in [0, 0.05) is 18.6 Å². The minimum Gasteiger partial charge on any atom is -0.361 e. The van der Waals surface area contributed by atoms with Crippen molar-refractivity contribution in [3.63, 3.8) is 0 Å². The summed E-state index contributed by atoms with van der Waals surface area (Å²) in [5.41, 5.74) is 1.91. The molecule has 0 atom stereocenters. The van der Waals surface area contributed by atoms with Gasteiger partial charge in [-0.1, -0.05) is 17.3 Å². The molecule has 76 valence electrons. The smallest absolute Gasteiger partial charge is 0.331 e. The Balaban J connectivity index is 2.21. The van der Waals surface area contributed by atoms with E-state index in [4.69, 9.17) is 0 Å². The molecule has 15 heavy (non-hydrogen) atoms. The largest absolute Gasteiger partial charge is 0.361 e. The van der Waals surface area contributed by atoms with Gasteiger partial charge in [0.05, 0.1) is 6.21 Å². The van der Waals surface area contributed by atoms with Crippen molar-refractivity contribution in [3.8, 4) is 0 Å². The predicted molar refractivity (Wildman–Crippen MR) is 57.7 cm³/mol. The van der Waals surface area contributed by atoms with Crippen LogP contribution >= 0.6 is 0 Å². The van der Waals surface area contributed by atoms with Crippen LogP contribution in [-0.2, 0) is 9.63 Å². The third kappa shape index (κ3) is 2.22. The first-order valence-electron chi connectivity index (χ1n) is 4.54. The van der Waals surface area contributed by atoms with Crippen molar-refractivity contribution in [2.24, 2.45) is 5.16 Å². The molecule has 4 nitrogen and oxygen atoms in total. The van der Waals surface area contributed by atoms with Crippen LogP contribution in [0.25, 0.3) is 10.9 Å². The highest BCUT2D eigenvalue weighted by Crippen LogP contribution is 2.12. The van der Waals surface area contributed by atoms with E-state index in [9.17, 15) is 4.79 Å². The van der Waals surface area contributed by atoms with Crippen molar-refractivity contribution in [2.75, 3.05) is 0 Å². The zero-order chi connectivity index (χ0) is 10.7. The summed E-state index contributed by atoms with van der Waals surface area (Å²) in [6, 6.07) is 7.80. The molecule has 0 bridgehead atoms. The summed E-state index contributed by atoms with van der Waals surface area (Å²) in [5.74, 6) is -0.424. The third-order valence-electron chi connectivity index (χ3n) is 1.96. The van der Waals surface area contributed by atoms with E-state index in [-0.39, 0.29) is 0 Å². The Kier molecular flexibility index (Phi) is 2.49. The van der Waals surface area contributed by atoms with E-state index >= 15 is 0 Å². The zero-order valence-electron chi connectivity index (χ0n) is 8.23. The molecule has 1 heterocycles. The van der Waals surface area contributed by atoms with E-state index in [1.165, 1.54) is 13.1 Å². The first-order chi connectivity index (χ1) is 7.25. The van der Waals surface area contributed by atoms with E-state index in [2.05, 4.69) is 15.0 Å². The van der Waals surface area contributed by atoms with Gasteiger partial charge < -0.3 is 9.82 Å². The summed E-state index contributed by atoms with van der Waals surface area (Å²) in [5, 5.41) is 4.68. The number of aromatic amines is 1. The fraction of sp³-hybridized carbons (Fsp3) is 0.0909. The third-order valence-corrected chi connectivity index (χ3v) is 1.96. The van der Waals surface area contributed by atoms with Gasteiger partial charge >= 0.3 is 5.97 Å². The number of oxime groups is 1. The predicted octanol–water partition coefficient (Wildman–Crippen LogP) is 2.06. The topological polar surface area (TPSA) is 54.4 Å². The van der Waals surface area contributed by atoms with Crippen molar-refractivity contribution >= 4 is 23.1 Å². The number of rotatable bonds is 2. The van der Waals surface area contributed by atoms with Crippen LogP contribution in [0, 0.1) is 0 Å². The lowest BCUT2D eigenvalue weighted by Crippen LogP contribution is -1.91. The quantitative estimate of drug-likeness (QED) is 0.460. The molecule has 0 fully saturated rings. The molecule has 1 aromatic carbocycles. The molecule has 1 aromatic heterocycles. The van der Waals surface area contributed by atoms with E-state index < -0.39 is 5.97 Å². The van der Waals surface area contributed by atoms with Gasteiger partial charge in [0.2, 0.25) is 0 Å². The number of hydrogen-bond donors (Lipinski definition) is 1. The van der Waals surface area contributed by atoms with Gasteiger partial charge in [0.25, 0.3) is 0 Å². The first kappa shape index (κ1) is 9.45. The van der Waals surface area contributed by atoms with Crippen LogP contribution in [0.3, 0.4) is 0 Å². The first-order valence-corrected chi connectivity index (χ1v) is 4.54. The zero-order valence-corrected chi connectivity index (χ0v) is 8.23. The van der Waals surface area contributed by atoms with Crippen molar-refractivity contribution in [3.05, 3.63) is 36.0 Å². The fourth-order valence-electron chi connectivity index (χ4n) is 1.31. The molecule has 0 amide bonds. The molecular weight excluding hydrogens is 192 g/mol. The fourth-order valence-corrected chi connectivity index (χ4v) is 1.31. The van der Waals surface area contributed by atoms with Crippen molar-refractivity contribution < 1.29 is 9.63 Å². The van der Waals surface area contributed by atoms with Crippen LogP contribution in [0.5, 0.6) is 0 Å². The van der Waals surface area contributed by atoms with Crippen LogP contribution in [0.1, 0.15) is 12.5 Å². The number of aromatic nitrogens is 1. The SMILES string of the molecule is CC(=O)ON=Cc1ccc2cc[nH]c2c1. The number of carbonyl (C=O) groups is 1. The number of hydrogen-bond acceptors (Lipinski definition) is 3. The maximum Gasteiger partial charge on any atom is 0.331 e. The number of nitrogens with one attached hydrogen (secondary N) is 1. The minimum atomic E-state index is -0.424. The molecule has 0 aliphatic carbocycles. The highest BCUT2D eigenvalue weighted by atomic mass is 16.7. The highest BCUT2D eigenvalue weighted by molar-refractivity contribution is 5.88. The van der Waals surface area contributed by atoms with E-state index in [1.54, 1.807) is 0 Å². The maximum atomic E-state index is 10.5. The van der Waals surface area contributed by atoms with E-state index in [0.29, 0.717) is 0 Å². The van der Waals surface area contributed by atoms with Crippen LogP contribution in [0.15, 0.2) is 35.6 Å². The molecule has 0 saturated heterocycles. The molecule has 1 N–H and O–H groups in total. The monoisotopic (exact) mass is 202 g/mol. The molecule has 0 aliphatic heterocycles. The van der Waals surface area contributed by atoms with Crippen LogP contribution < -0.4 is 0 Å². The molecule has 0 unspecified atom stereocenters. The Bertz CT molecular complexity index is 514. The van der Waals surface area contributed by atoms with Gasteiger partial charge in [0.1, 0.15) is 0 Å². The molecule has 2 rings (SSSR count). The van der Waals surface area contributed by atoms with Crippen molar-refractivity contribution in [1.29, 1.82) is 0 Å². The molecule has 0 aliphatic rings. The number of carbonyl (C=O) groups excluding carboxylic acids is 1. The normalized spacial score (nSPS) is 11.0. The van der Waals surface area contributed by atoms with E-state index in [1.807, 2.05) is 30.5 Å². The standard InChI is InChI=1S/C11H10N2O2/c1-8(14)15-13-7-9-2-3-10-4-5-12-11(10)6-9/h2-7,12H,1H3. The average molecular weight is 202 g/mol. The number of fused-ring (bicyclic) bond motifs is 1. The number of benzene rings is 1. The summed E-state index contributed by atoms with van der Waals surface area (Å²) < 4.78 is 0. The van der Waals surface area contributed by atoms with Crippen molar-refractivity contribution in [2.45, 2.75) is 6.92 Å². The van der Waals surface area contributed by atoms with Gasteiger partial charge in [-0.2, -0.15) is 0 Å². The van der Waals surface area contributed by atoms with Gasteiger partial charge in [-0.15, -0.1) is 0 Å². The second-order valence-electron chi connectivity index (χ2n) is 3.14. The van der Waals surface area contributed by atoms with Gasteiger partial charge in [-0.3, -0.25) is 0 Å². The molecule has 0 saturated carbocycles. The Hall–Kier alpha value is -2.10. The molecule has 0 radical (unpaired) electrons. The van der Waals surface area contributed by atoms with Gasteiger partial charge in [-0.25, -0.2) is 4.79 Å². The van der Waals surface area contributed by atoms with E-state index in [0.717, 1.165) is 16.5 Å². The minimum absolute atomic E-state index is 0.424. The molecule has 4 heteroatoms. The maximum absolute atomic E-state index is 10.5. The van der Waals surface area contributed by atoms with Gasteiger partial charge in [-0.05, 0) is 23.1 Å². The van der Waals surface area contributed by atoms with Crippen LogP contribution in [0.4, 0.5) is 0 Å². The van der Waals surface area contributed by atoms with Gasteiger partial charge in [0.15, 0.2) is 0 Å². The lowest BCUT2D eigenvalue weighted by Gasteiger charge is -1.93. The summed E-state index contributed by atoms with van der Waals surface area (Å²) in [7, 11) is 0. The van der Waals surface area contributed by atoms with Crippen molar-refractivity contribution in [1.82, 2.24) is 4.98 Å². The number of nitrogens with zero attached hydrogens (tertiary/aromatic N) is 1. The number of H-pyrrole nitrogens is 1. The Morgan fingerprint density at radius 2 is 2.33 bits per heavy atom. The average Bonchev–Trinajstić information content (AvgIpc) is 2.64. The summed E-state index contributed by atoms with van der Waals surface area (Å²) in [4.78, 5) is 18.0. The lowest BCUT2D eigenvalue weighted by atomic mass is 10.2. The summed E-state index contributed by atoms with van der Waals surface area (Å²) >= 11 is 0. The molecule has 2 aromatic rings. The Morgan fingerprint density at radius 1 is 1.47 bits per heavy atom. The summed E-state index contributed by atoms with van der Waals surface area (Å²) in [6.45, 7) is 1.31.